The van der Waals surface area contributed by atoms with Gasteiger partial charge in [-0.05, 0) is 81.7 Å². The van der Waals surface area contributed by atoms with Gasteiger partial charge >= 0.3 is 17.9 Å². The van der Waals surface area contributed by atoms with Crippen LogP contribution in [0.5, 0.6) is 0 Å². The number of anilines is 1. The first-order chi connectivity index (χ1) is 31.4. The van der Waals surface area contributed by atoms with Gasteiger partial charge in [0.25, 0.3) is 0 Å². The molecule has 0 amide bonds. The van der Waals surface area contributed by atoms with Crippen molar-refractivity contribution in [2.24, 2.45) is 22.1 Å². The van der Waals surface area contributed by atoms with Gasteiger partial charge in [-0.15, -0.1) is 21.6 Å². The standard InChI is InChI=1S/C48H69N5O11S/c1-5-7-9-11-13-15-17-38(47(56)57)32-44(54)63-29-27-61-24-22-53(40-19-20-42(36(3)31-40)51-52-46-41(34-49)37(4)43(35-50)65-46)21-23-60-25-26-62-28-30-64-45(55)33-39(48(58)59)18-16-14-12-10-8-6-2/h13-16,19-20,31,38-39,44,54H,5-12,17-18,21-30,32-33H2,1-4H3,(H,56,57)(H,58,59). The normalized spacial score (nSPS) is 13.0. The molecule has 0 aliphatic rings. The van der Waals surface area contributed by atoms with E-state index in [9.17, 15) is 40.2 Å². The van der Waals surface area contributed by atoms with Gasteiger partial charge < -0.3 is 43.9 Å². The van der Waals surface area contributed by atoms with E-state index in [1.165, 1.54) is 0 Å². The molecule has 0 spiro atoms. The van der Waals surface area contributed by atoms with Crippen molar-refractivity contribution in [2.75, 3.05) is 70.8 Å². The maximum absolute atomic E-state index is 12.3. The molecule has 3 atom stereocenters. The minimum atomic E-state index is -1.24. The number of aliphatic carboxylic acids is 2. The Balaban J connectivity index is 1.89. The van der Waals surface area contributed by atoms with Crippen LogP contribution in [0.25, 0.3) is 0 Å². The number of aliphatic hydroxyl groups is 1. The van der Waals surface area contributed by atoms with Crippen LogP contribution >= 0.6 is 11.3 Å². The van der Waals surface area contributed by atoms with Gasteiger partial charge in [-0.1, -0.05) is 63.8 Å². The summed E-state index contributed by atoms with van der Waals surface area (Å²) in [6.07, 6.45) is 15.1. The highest BCUT2D eigenvalue weighted by molar-refractivity contribution is 7.16. The third-order valence-corrected chi connectivity index (χ3v) is 11.3. The molecule has 65 heavy (non-hydrogen) atoms. The first kappa shape index (κ1) is 56.1. The summed E-state index contributed by atoms with van der Waals surface area (Å²) >= 11 is 1.12. The molecule has 358 valence electrons. The Bertz CT molecular complexity index is 1890. The number of azo groups is 1. The van der Waals surface area contributed by atoms with Crippen LogP contribution in [0.1, 0.15) is 112 Å². The third-order valence-electron chi connectivity index (χ3n) is 10.3. The SMILES string of the molecule is CCCCCC=CCC(CC(=O)OCCOCCOCCN(CCOCCOC(O)CC(CC=CCCCCC)C(=O)O)c1ccc(N=Nc2sc(C#N)c(C)c2C#N)c(C)c1)C(=O)O. The van der Waals surface area contributed by atoms with Crippen molar-refractivity contribution in [1.82, 2.24) is 0 Å². The lowest BCUT2D eigenvalue weighted by atomic mass is 10.0. The number of unbranched alkanes of at least 4 members (excludes halogenated alkanes) is 6. The van der Waals surface area contributed by atoms with Crippen LogP contribution in [0.3, 0.4) is 0 Å². The van der Waals surface area contributed by atoms with E-state index in [1.54, 1.807) is 6.92 Å². The van der Waals surface area contributed by atoms with Gasteiger partial charge in [-0.3, -0.25) is 14.4 Å². The molecule has 16 nitrogen and oxygen atoms in total. The molecular weight excluding hydrogens is 855 g/mol. The number of hydrogen-bond acceptors (Lipinski definition) is 15. The number of carbonyl (C=O) groups excluding carboxylic acids is 1. The molecule has 2 aromatic rings. The second kappa shape index (κ2) is 34.4. The summed E-state index contributed by atoms with van der Waals surface area (Å²) in [5, 5.41) is 57.5. The number of nitriles is 2. The maximum atomic E-state index is 12.3. The van der Waals surface area contributed by atoms with Gasteiger partial charge in [0, 0.05) is 25.2 Å². The zero-order valence-electron chi connectivity index (χ0n) is 38.6. The van der Waals surface area contributed by atoms with Crippen LogP contribution in [0.15, 0.2) is 52.7 Å². The molecule has 0 aliphatic carbocycles. The predicted octanol–water partition coefficient (Wildman–Crippen LogP) is 9.49. The summed E-state index contributed by atoms with van der Waals surface area (Å²) in [5.41, 5.74) is 3.18. The quantitative estimate of drug-likeness (QED) is 0.0188. The largest absolute Gasteiger partial charge is 0.481 e. The van der Waals surface area contributed by atoms with Crippen LogP contribution in [-0.2, 0) is 38.1 Å². The Labute approximate surface area is 388 Å². The summed E-state index contributed by atoms with van der Waals surface area (Å²) in [5.74, 6) is -4.20. The van der Waals surface area contributed by atoms with Crippen molar-refractivity contribution in [3.05, 3.63) is 64.1 Å². The molecule has 17 heteroatoms. The number of rotatable bonds is 37. The number of benzene rings is 1. The second-order valence-electron chi connectivity index (χ2n) is 15.4. The van der Waals surface area contributed by atoms with E-state index < -0.39 is 36.0 Å². The lowest BCUT2D eigenvalue weighted by Crippen LogP contribution is -2.32. The monoisotopic (exact) mass is 923 g/mol. The molecule has 3 unspecified atom stereocenters. The van der Waals surface area contributed by atoms with Gasteiger partial charge in [0.05, 0.1) is 75.8 Å². The lowest BCUT2D eigenvalue weighted by molar-refractivity contribution is -0.152. The van der Waals surface area contributed by atoms with Gasteiger partial charge in [-0.25, -0.2) is 0 Å². The Morgan fingerprint density at radius 2 is 1.35 bits per heavy atom. The fourth-order valence-electron chi connectivity index (χ4n) is 6.38. The Kier molecular flexibility index (Phi) is 29.7. The number of esters is 1. The number of thiophene rings is 1. The zero-order chi connectivity index (χ0) is 47.7. The molecule has 2 rings (SSSR count). The molecule has 1 aromatic heterocycles. The summed E-state index contributed by atoms with van der Waals surface area (Å²) in [6, 6.07) is 9.86. The molecular formula is C48H69N5O11S. The van der Waals surface area contributed by atoms with Crippen molar-refractivity contribution >= 4 is 45.6 Å². The molecule has 0 saturated heterocycles. The lowest BCUT2D eigenvalue weighted by Gasteiger charge is -2.25. The average molecular weight is 924 g/mol. The molecule has 0 radical (unpaired) electrons. The number of aryl methyl sites for hydroxylation is 1. The average Bonchev–Trinajstić information content (AvgIpc) is 3.60. The van der Waals surface area contributed by atoms with E-state index >= 15 is 0 Å². The number of nitrogens with zero attached hydrogens (tertiary/aromatic N) is 5. The fourth-order valence-corrected chi connectivity index (χ4v) is 7.25. The van der Waals surface area contributed by atoms with Gasteiger partial charge in [0.15, 0.2) is 11.3 Å². The molecule has 3 N–H and O–H groups in total. The Morgan fingerprint density at radius 1 is 0.769 bits per heavy atom. The highest BCUT2D eigenvalue weighted by Gasteiger charge is 2.22. The second-order valence-corrected chi connectivity index (χ2v) is 16.4. The van der Waals surface area contributed by atoms with Crippen molar-refractivity contribution in [1.29, 1.82) is 10.5 Å². The molecule has 0 fully saturated rings. The fraction of sp³-hybridized carbons (Fsp3) is 0.604. The van der Waals surface area contributed by atoms with Crippen LogP contribution < -0.4 is 4.90 Å². The van der Waals surface area contributed by atoms with Gasteiger partial charge in [0.2, 0.25) is 0 Å². The van der Waals surface area contributed by atoms with Crippen LogP contribution in [0.2, 0.25) is 0 Å². The molecule has 0 aliphatic heterocycles. The smallest absolute Gasteiger partial charge is 0.307 e. The number of ether oxygens (including phenoxy) is 5. The molecule has 0 saturated carbocycles. The highest BCUT2D eigenvalue weighted by Crippen LogP contribution is 2.36. The number of carbonyl (C=O) groups is 3. The van der Waals surface area contributed by atoms with E-state index in [0.29, 0.717) is 59.4 Å². The summed E-state index contributed by atoms with van der Waals surface area (Å²) < 4.78 is 27.9. The maximum Gasteiger partial charge on any atom is 0.307 e. The van der Waals surface area contributed by atoms with Crippen LogP contribution in [-0.4, -0.2) is 105 Å². The first-order valence-electron chi connectivity index (χ1n) is 22.6. The predicted molar refractivity (Wildman–Crippen MR) is 249 cm³/mol. The minimum Gasteiger partial charge on any atom is -0.481 e. The highest BCUT2D eigenvalue weighted by atomic mass is 32.1. The van der Waals surface area contributed by atoms with Crippen LogP contribution in [0, 0.1) is 48.3 Å². The van der Waals surface area contributed by atoms with E-state index in [4.69, 9.17) is 23.7 Å². The number of hydrogen-bond donors (Lipinski definition) is 3. The van der Waals surface area contributed by atoms with Crippen molar-refractivity contribution in [3.8, 4) is 12.1 Å². The summed E-state index contributed by atoms with van der Waals surface area (Å²) in [6.45, 7) is 10.4. The molecule has 0 bridgehead atoms. The molecule has 1 aromatic carbocycles. The topological polar surface area (TPSA) is 234 Å². The Morgan fingerprint density at radius 3 is 1.92 bits per heavy atom. The molecule has 1 heterocycles. The van der Waals surface area contributed by atoms with Gasteiger partial charge in [0.1, 0.15) is 23.6 Å². The van der Waals surface area contributed by atoms with Crippen LogP contribution in [0.4, 0.5) is 16.4 Å². The van der Waals surface area contributed by atoms with E-state index in [1.807, 2.05) is 49.4 Å². The van der Waals surface area contributed by atoms with Crippen molar-refractivity contribution < 1.29 is 53.4 Å². The zero-order valence-corrected chi connectivity index (χ0v) is 39.4. The first-order valence-corrected chi connectivity index (χ1v) is 23.4. The van der Waals surface area contributed by atoms with E-state index in [-0.39, 0.29) is 58.9 Å². The van der Waals surface area contributed by atoms with E-state index in [2.05, 4.69) is 41.1 Å². The number of carboxylic acids is 2. The minimum absolute atomic E-state index is 0.00220. The number of allylic oxidation sites excluding steroid dienone is 4. The van der Waals surface area contributed by atoms with Crippen molar-refractivity contribution in [3.63, 3.8) is 0 Å². The van der Waals surface area contributed by atoms with E-state index in [0.717, 1.165) is 74.0 Å². The number of carboxylic acid groups (broad SMARTS) is 2. The van der Waals surface area contributed by atoms with Gasteiger partial charge in [-0.2, -0.15) is 10.5 Å². The summed E-state index contributed by atoms with van der Waals surface area (Å²) in [7, 11) is 0. The third kappa shape index (κ3) is 23.7. The number of aliphatic hydroxyl groups excluding tert-OH is 1. The van der Waals surface area contributed by atoms with Crippen molar-refractivity contribution in [2.45, 2.75) is 111 Å². The Hall–Kier alpha value is -5.01. The summed E-state index contributed by atoms with van der Waals surface area (Å²) in [4.78, 5) is 38.1.